The minimum absolute atomic E-state index is 0.249. The van der Waals surface area contributed by atoms with Crippen molar-refractivity contribution in [1.29, 1.82) is 5.26 Å². The number of nitrogens with one attached hydrogen (secondary N) is 2. The number of nitrogens with zero attached hydrogens (tertiary/aromatic N) is 5. The molecule has 8 heteroatoms. The van der Waals surface area contributed by atoms with Gasteiger partial charge in [-0.05, 0) is 72.8 Å². The summed E-state index contributed by atoms with van der Waals surface area (Å²) in [5.74, 6) is 1.85. The zero-order valence-electron chi connectivity index (χ0n) is 18.3. The molecular formula is C27H17N7O. The van der Waals surface area contributed by atoms with Gasteiger partial charge in [-0.1, -0.05) is 12.1 Å². The van der Waals surface area contributed by atoms with Gasteiger partial charge in [0.25, 0.3) is 5.91 Å². The molecule has 0 spiro atoms. The van der Waals surface area contributed by atoms with E-state index in [1.807, 2.05) is 71.3 Å². The van der Waals surface area contributed by atoms with E-state index in [0.717, 1.165) is 22.5 Å². The molecular weight excluding hydrogens is 438 g/mol. The first kappa shape index (κ1) is 20.3. The lowest BCUT2D eigenvalue weighted by Crippen LogP contribution is -2.11. The predicted octanol–water partition coefficient (Wildman–Crippen LogP) is 5.18. The summed E-state index contributed by atoms with van der Waals surface area (Å²) >= 11 is 0. The summed E-state index contributed by atoms with van der Waals surface area (Å²) in [4.78, 5) is 17.1. The van der Waals surface area contributed by atoms with Crippen LogP contribution in [0.4, 0.5) is 17.2 Å². The van der Waals surface area contributed by atoms with Crippen LogP contribution in [0.15, 0.2) is 91.1 Å². The van der Waals surface area contributed by atoms with Crippen LogP contribution >= 0.6 is 0 Å². The van der Waals surface area contributed by atoms with E-state index in [1.165, 1.54) is 0 Å². The molecule has 2 aromatic heterocycles. The fourth-order valence-electron chi connectivity index (χ4n) is 4.06. The topological polar surface area (TPSA) is 109 Å². The quantitative estimate of drug-likeness (QED) is 0.381. The highest BCUT2D eigenvalue weighted by Gasteiger charge is 2.24. The van der Waals surface area contributed by atoms with Crippen LogP contribution in [0.25, 0.3) is 28.5 Å². The molecule has 1 amide bonds. The number of fused-ring (bicyclic) bond motifs is 5. The van der Waals surface area contributed by atoms with Crippen LogP contribution in [0.5, 0.6) is 0 Å². The number of benzene rings is 3. The zero-order chi connectivity index (χ0) is 23.8. The third-order valence-corrected chi connectivity index (χ3v) is 5.79. The molecule has 0 radical (unpaired) electrons. The highest BCUT2D eigenvalue weighted by atomic mass is 16.1. The van der Waals surface area contributed by atoms with Crippen LogP contribution in [-0.4, -0.2) is 25.7 Å². The summed E-state index contributed by atoms with van der Waals surface area (Å²) in [6.45, 7) is 0. The third kappa shape index (κ3) is 3.57. The van der Waals surface area contributed by atoms with Gasteiger partial charge in [0, 0.05) is 28.6 Å². The highest BCUT2D eigenvalue weighted by Crippen LogP contribution is 2.39. The fourth-order valence-corrected chi connectivity index (χ4v) is 4.06. The van der Waals surface area contributed by atoms with Gasteiger partial charge < -0.3 is 10.6 Å². The molecule has 0 saturated heterocycles. The van der Waals surface area contributed by atoms with E-state index in [-0.39, 0.29) is 5.91 Å². The molecule has 3 heterocycles. The van der Waals surface area contributed by atoms with Crippen LogP contribution in [0.2, 0.25) is 0 Å². The first-order valence-electron chi connectivity index (χ1n) is 10.9. The molecule has 0 saturated carbocycles. The number of amides is 1. The molecule has 1 aliphatic rings. The Bertz CT molecular complexity index is 1610. The molecule has 166 valence electrons. The van der Waals surface area contributed by atoms with Crippen molar-refractivity contribution in [3.63, 3.8) is 0 Å². The number of pyridine rings is 1. The molecule has 0 fully saturated rings. The van der Waals surface area contributed by atoms with Gasteiger partial charge in [-0.15, -0.1) is 10.2 Å². The largest absolute Gasteiger partial charge is 0.338 e. The van der Waals surface area contributed by atoms with Crippen molar-refractivity contribution in [2.75, 3.05) is 10.6 Å². The molecule has 0 atom stereocenters. The van der Waals surface area contributed by atoms with Crippen molar-refractivity contribution in [1.82, 2.24) is 19.7 Å². The maximum absolute atomic E-state index is 12.6. The standard InChI is InChI=1S/C27H17N7O/c28-16-17-7-9-19(10-8-17)27(35)30-20-13-11-18(12-14-20)25-32-33-26-21-4-1-2-5-22(21)31-24-23(34(25)26)6-3-15-29-24/h1-15H,(H,29,31)(H,30,35). The second-order valence-electron chi connectivity index (χ2n) is 7.94. The number of hydrogen-bond acceptors (Lipinski definition) is 6. The SMILES string of the molecule is N#Cc1ccc(C(=O)Nc2ccc(-c3nnc4n3-c3cccnc3Nc3ccccc3-4)cc2)cc1. The Morgan fingerprint density at radius 2 is 1.66 bits per heavy atom. The number of anilines is 3. The minimum atomic E-state index is -0.249. The van der Waals surface area contributed by atoms with Gasteiger partial charge in [-0.2, -0.15) is 5.26 Å². The van der Waals surface area contributed by atoms with Crippen molar-refractivity contribution in [2.45, 2.75) is 0 Å². The van der Waals surface area contributed by atoms with E-state index >= 15 is 0 Å². The smallest absolute Gasteiger partial charge is 0.255 e. The zero-order valence-corrected chi connectivity index (χ0v) is 18.3. The van der Waals surface area contributed by atoms with Crippen molar-refractivity contribution in [3.8, 4) is 34.5 Å². The first-order valence-corrected chi connectivity index (χ1v) is 10.9. The molecule has 0 aliphatic carbocycles. The Kier molecular flexibility index (Phi) is 4.79. The van der Waals surface area contributed by atoms with Crippen molar-refractivity contribution in [2.24, 2.45) is 0 Å². The minimum Gasteiger partial charge on any atom is -0.338 e. The van der Waals surface area contributed by atoms with Gasteiger partial charge in [0.05, 0.1) is 23.0 Å². The van der Waals surface area contributed by atoms with E-state index in [1.54, 1.807) is 30.5 Å². The number of carbonyl (C=O) groups excluding carboxylic acids is 1. The van der Waals surface area contributed by atoms with Crippen LogP contribution in [-0.2, 0) is 0 Å². The molecule has 3 aromatic carbocycles. The van der Waals surface area contributed by atoms with E-state index in [9.17, 15) is 4.79 Å². The Balaban J connectivity index is 1.35. The molecule has 35 heavy (non-hydrogen) atoms. The molecule has 2 N–H and O–H groups in total. The monoisotopic (exact) mass is 455 g/mol. The fraction of sp³-hybridized carbons (Fsp3) is 0. The van der Waals surface area contributed by atoms with Gasteiger partial charge in [0.2, 0.25) is 0 Å². The van der Waals surface area contributed by atoms with Gasteiger partial charge in [0.15, 0.2) is 17.5 Å². The lowest BCUT2D eigenvalue weighted by atomic mass is 10.1. The average molecular weight is 455 g/mol. The summed E-state index contributed by atoms with van der Waals surface area (Å²) in [6.07, 6.45) is 1.74. The molecule has 0 bridgehead atoms. The van der Waals surface area contributed by atoms with Crippen LogP contribution in [0, 0.1) is 11.3 Å². The van der Waals surface area contributed by atoms with E-state index in [0.29, 0.717) is 34.3 Å². The Morgan fingerprint density at radius 3 is 2.46 bits per heavy atom. The lowest BCUT2D eigenvalue weighted by Gasteiger charge is -2.11. The summed E-state index contributed by atoms with van der Waals surface area (Å²) in [5.41, 5.74) is 5.15. The Labute approximate surface area is 200 Å². The first-order chi connectivity index (χ1) is 17.2. The maximum Gasteiger partial charge on any atom is 0.255 e. The number of carbonyl (C=O) groups is 1. The Morgan fingerprint density at radius 1 is 0.886 bits per heavy atom. The molecule has 5 aromatic rings. The van der Waals surface area contributed by atoms with E-state index < -0.39 is 0 Å². The van der Waals surface area contributed by atoms with Gasteiger partial charge >= 0.3 is 0 Å². The highest BCUT2D eigenvalue weighted by molar-refractivity contribution is 6.04. The number of aromatic nitrogens is 4. The second-order valence-corrected chi connectivity index (χ2v) is 7.94. The van der Waals surface area contributed by atoms with Crippen molar-refractivity contribution >= 4 is 23.1 Å². The van der Waals surface area contributed by atoms with Gasteiger partial charge in [-0.25, -0.2) is 4.98 Å². The maximum atomic E-state index is 12.6. The number of hydrogen-bond donors (Lipinski definition) is 2. The summed E-state index contributed by atoms with van der Waals surface area (Å²) in [6, 6.07) is 27.8. The van der Waals surface area contributed by atoms with Crippen LogP contribution < -0.4 is 10.6 Å². The van der Waals surface area contributed by atoms with Gasteiger partial charge in [-0.3, -0.25) is 9.36 Å². The van der Waals surface area contributed by atoms with Crippen molar-refractivity contribution in [3.05, 3.63) is 102 Å². The summed E-state index contributed by atoms with van der Waals surface area (Å²) in [7, 11) is 0. The molecule has 1 aliphatic heterocycles. The Hall–Kier alpha value is -5.29. The van der Waals surface area contributed by atoms with Crippen molar-refractivity contribution < 1.29 is 4.79 Å². The van der Waals surface area contributed by atoms with Crippen LogP contribution in [0.1, 0.15) is 15.9 Å². The van der Waals surface area contributed by atoms with E-state index in [4.69, 9.17) is 5.26 Å². The molecule has 0 unspecified atom stereocenters. The molecule has 6 rings (SSSR count). The lowest BCUT2D eigenvalue weighted by molar-refractivity contribution is 0.102. The molecule has 8 nitrogen and oxygen atoms in total. The van der Waals surface area contributed by atoms with Crippen LogP contribution in [0.3, 0.4) is 0 Å². The summed E-state index contributed by atoms with van der Waals surface area (Å²) in [5, 5.41) is 24.2. The second kappa shape index (κ2) is 8.24. The normalized spacial score (nSPS) is 11.2. The predicted molar refractivity (Wildman–Crippen MR) is 132 cm³/mol. The number of para-hydroxylation sites is 1. The van der Waals surface area contributed by atoms with Gasteiger partial charge in [0.1, 0.15) is 0 Å². The number of nitriles is 1. The average Bonchev–Trinajstić information content (AvgIpc) is 3.29. The number of rotatable bonds is 3. The third-order valence-electron chi connectivity index (χ3n) is 5.79. The summed E-state index contributed by atoms with van der Waals surface area (Å²) < 4.78 is 1.99. The van der Waals surface area contributed by atoms with E-state index in [2.05, 4.69) is 25.8 Å².